The second-order valence-corrected chi connectivity index (χ2v) is 5.84. The number of carboxylic acids is 1. The molecule has 2 heterocycles. The van der Waals surface area contributed by atoms with Crippen LogP contribution in [0.1, 0.15) is 29.6 Å². The summed E-state index contributed by atoms with van der Waals surface area (Å²) in [6, 6.07) is 5.52. The summed E-state index contributed by atoms with van der Waals surface area (Å²) in [5, 5.41) is 23.8. The van der Waals surface area contributed by atoms with E-state index in [0.29, 0.717) is 24.2 Å². The highest BCUT2D eigenvalue weighted by atomic mass is 16.6. The van der Waals surface area contributed by atoms with Crippen LogP contribution in [0.15, 0.2) is 36.7 Å². The van der Waals surface area contributed by atoms with E-state index >= 15 is 0 Å². The Morgan fingerprint density at radius 2 is 2.04 bits per heavy atom. The molecule has 9 nitrogen and oxygen atoms in total. The Bertz CT molecular complexity index is 814. The van der Waals surface area contributed by atoms with Gasteiger partial charge in [0, 0.05) is 30.9 Å². The molecule has 25 heavy (non-hydrogen) atoms. The standard InChI is InChI=1S/C16H16N4O5/c21-15(22)8-14-2-1-7-18(14)16(23)11-9-17-19(10-11)12-3-5-13(6-4-12)20(24)25/h3-6,9-10,14H,1-2,7-8H2,(H,21,22). The molecule has 1 N–H and O–H groups in total. The molecule has 1 atom stereocenters. The van der Waals surface area contributed by atoms with E-state index in [2.05, 4.69) is 5.10 Å². The normalized spacial score (nSPS) is 16.8. The molecule has 130 valence electrons. The van der Waals surface area contributed by atoms with Crippen LogP contribution in [0, 0.1) is 10.1 Å². The number of hydrogen-bond acceptors (Lipinski definition) is 5. The third kappa shape index (κ3) is 3.49. The highest BCUT2D eigenvalue weighted by Gasteiger charge is 2.31. The molecule has 2 aromatic rings. The quantitative estimate of drug-likeness (QED) is 0.653. The van der Waals surface area contributed by atoms with E-state index < -0.39 is 10.9 Å². The number of carbonyl (C=O) groups is 2. The van der Waals surface area contributed by atoms with E-state index in [1.165, 1.54) is 23.0 Å². The zero-order chi connectivity index (χ0) is 18.0. The first kappa shape index (κ1) is 16.6. The van der Waals surface area contributed by atoms with Gasteiger partial charge >= 0.3 is 5.97 Å². The number of nitro groups is 1. The van der Waals surface area contributed by atoms with Crippen molar-refractivity contribution in [2.75, 3.05) is 6.54 Å². The first-order chi connectivity index (χ1) is 12.0. The minimum Gasteiger partial charge on any atom is -0.481 e. The number of nitrogens with zero attached hydrogens (tertiary/aromatic N) is 4. The van der Waals surface area contributed by atoms with Crippen LogP contribution >= 0.6 is 0 Å². The van der Waals surface area contributed by atoms with Crippen molar-refractivity contribution in [3.8, 4) is 5.69 Å². The van der Waals surface area contributed by atoms with Crippen LogP contribution in [-0.4, -0.2) is 49.2 Å². The highest BCUT2D eigenvalue weighted by Crippen LogP contribution is 2.23. The van der Waals surface area contributed by atoms with Gasteiger partial charge in [-0.3, -0.25) is 19.7 Å². The third-order valence-electron chi connectivity index (χ3n) is 4.20. The Morgan fingerprint density at radius 1 is 1.32 bits per heavy atom. The predicted molar refractivity (Wildman–Crippen MR) is 86.5 cm³/mol. The van der Waals surface area contributed by atoms with Crippen LogP contribution in [0.5, 0.6) is 0 Å². The Balaban J connectivity index is 1.77. The van der Waals surface area contributed by atoms with Crippen molar-refractivity contribution in [3.63, 3.8) is 0 Å². The molecule has 3 rings (SSSR count). The molecule has 0 aliphatic carbocycles. The van der Waals surface area contributed by atoms with Gasteiger partial charge in [0.1, 0.15) is 0 Å². The molecule has 0 spiro atoms. The summed E-state index contributed by atoms with van der Waals surface area (Å²) < 4.78 is 1.46. The van der Waals surface area contributed by atoms with Crippen molar-refractivity contribution in [2.45, 2.75) is 25.3 Å². The Morgan fingerprint density at radius 3 is 2.68 bits per heavy atom. The molecule has 0 radical (unpaired) electrons. The number of aromatic nitrogens is 2. The van der Waals surface area contributed by atoms with Crippen LogP contribution in [0.4, 0.5) is 5.69 Å². The van der Waals surface area contributed by atoms with Gasteiger partial charge in [-0.2, -0.15) is 5.10 Å². The second kappa shape index (κ2) is 6.71. The lowest BCUT2D eigenvalue weighted by Gasteiger charge is -2.22. The Labute approximate surface area is 142 Å². The Kier molecular flexibility index (Phi) is 4.46. The van der Waals surface area contributed by atoms with Crippen LogP contribution in [0.2, 0.25) is 0 Å². The smallest absolute Gasteiger partial charge is 0.305 e. The number of rotatable bonds is 5. The molecular formula is C16H16N4O5. The van der Waals surface area contributed by atoms with Gasteiger partial charge in [-0.25, -0.2) is 4.68 Å². The number of hydrogen-bond donors (Lipinski definition) is 1. The first-order valence-corrected chi connectivity index (χ1v) is 7.78. The van der Waals surface area contributed by atoms with Gasteiger partial charge in [-0.05, 0) is 25.0 Å². The SMILES string of the molecule is O=C(O)CC1CCCN1C(=O)c1cnn(-c2ccc([N+](=O)[O-])cc2)c1. The number of carboxylic acid groups (broad SMARTS) is 1. The lowest BCUT2D eigenvalue weighted by molar-refractivity contribution is -0.384. The minimum absolute atomic E-state index is 0.0271. The van der Waals surface area contributed by atoms with E-state index in [1.54, 1.807) is 23.2 Å². The number of benzene rings is 1. The predicted octanol–water partition coefficient (Wildman–Crippen LogP) is 1.86. The molecule has 1 unspecified atom stereocenters. The summed E-state index contributed by atoms with van der Waals surface area (Å²) in [6.07, 6.45) is 4.34. The molecule has 1 aliphatic rings. The maximum atomic E-state index is 12.6. The summed E-state index contributed by atoms with van der Waals surface area (Å²) in [4.78, 5) is 35.3. The maximum Gasteiger partial charge on any atom is 0.305 e. The molecule has 0 saturated carbocycles. The van der Waals surface area contributed by atoms with E-state index in [0.717, 1.165) is 6.42 Å². The molecular weight excluding hydrogens is 328 g/mol. The number of amides is 1. The summed E-state index contributed by atoms with van der Waals surface area (Å²) >= 11 is 0. The Hall–Kier alpha value is -3.23. The van der Waals surface area contributed by atoms with Crippen LogP contribution in [-0.2, 0) is 4.79 Å². The molecule has 1 saturated heterocycles. The third-order valence-corrected chi connectivity index (χ3v) is 4.20. The van der Waals surface area contributed by atoms with Crippen LogP contribution in [0.25, 0.3) is 5.69 Å². The number of aliphatic carboxylic acids is 1. The molecule has 1 aliphatic heterocycles. The van der Waals surface area contributed by atoms with E-state index in [9.17, 15) is 19.7 Å². The van der Waals surface area contributed by atoms with E-state index in [4.69, 9.17) is 5.11 Å². The van der Waals surface area contributed by atoms with Crippen molar-refractivity contribution in [1.29, 1.82) is 0 Å². The molecule has 9 heteroatoms. The van der Waals surface area contributed by atoms with Gasteiger partial charge < -0.3 is 10.0 Å². The van der Waals surface area contributed by atoms with Crippen molar-refractivity contribution in [2.24, 2.45) is 0 Å². The van der Waals surface area contributed by atoms with Gasteiger partial charge in [-0.15, -0.1) is 0 Å². The topological polar surface area (TPSA) is 119 Å². The molecule has 1 amide bonds. The first-order valence-electron chi connectivity index (χ1n) is 7.78. The van der Waals surface area contributed by atoms with Gasteiger partial charge in [0.15, 0.2) is 0 Å². The zero-order valence-electron chi connectivity index (χ0n) is 13.2. The maximum absolute atomic E-state index is 12.6. The minimum atomic E-state index is -0.925. The van der Waals surface area contributed by atoms with Crippen LogP contribution < -0.4 is 0 Å². The molecule has 1 aromatic carbocycles. The van der Waals surface area contributed by atoms with Crippen molar-refractivity contribution >= 4 is 17.6 Å². The molecule has 1 aromatic heterocycles. The lowest BCUT2D eigenvalue weighted by Crippen LogP contribution is -2.36. The molecule has 0 bridgehead atoms. The average molecular weight is 344 g/mol. The van der Waals surface area contributed by atoms with Gasteiger partial charge in [-0.1, -0.05) is 0 Å². The zero-order valence-corrected chi connectivity index (χ0v) is 13.2. The number of likely N-dealkylation sites (tertiary alicyclic amines) is 1. The number of nitro benzene ring substituents is 1. The molecule has 1 fully saturated rings. The van der Waals surface area contributed by atoms with E-state index in [1.807, 2.05) is 0 Å². The number of carbonyl (C=O) groups excluding carboxylic acids is 1. The fourth-order valence-electron chi connectivity index (χ4n) is 2.98. The van der Waals surface area contributed by atoms with Crippen molar-refractivity contribution < 1.29 is 19.6 Å². The van der Waals surface area contributed by atoms with Gasteiger partial charge in [0.25, 0.3) is 11.6 Å². The van der Waals surface area contributed by atoms with Crippen LogP contribution in [0.3, 0.4) is 0 Å². The summed E-state index contributed by atoms with van der Waals surface area (Å²) in [5.41, 5.74) is 0.921. The van der Waals surface area contributed by atoms with E-state index in [-0.39, 0.29) is 24.1 Å². The summed E-state index contributed by atoms with van der Waals surface area (Å²) in [7, 11) is 0. The average Bonchev–Trinajstić information content (AvgIpc) is 3.23. The fraction of sp³-hybridized carbons (Fsp3) is 0.312. The highest BCUT2D eigenvalue weighted by molar-refractivity contribution is 5.94. The second-order valence-electron chi connectivity index (χ2n) is 5.84. The summed E-state index contributed by atoms with van der Waals surface area (Å²) in [6.45, 7) is 0.527. The van der Waals surface area contributed by atoms with Gasteiger partial charge in [0.05, 0.1) is 28.8 Å². The number of non-ortho nitro benzene ring substituents is 1. The monoisotopic (exact) mass is 344 g/mol. The lowest BCUT2D eigenvalue weighted by atomic mass is 10.1. The summed E-state index contributed by atoms with van der Waals surface area (Å²) in [5.74, 6) is -1.18. The van der Waals surface area contributed by atoms with Crippen molar-refractivity contribution in [1.82, 2.24) is 14.7 Å². The fourth-order valence-corrected chi connectivity index (χ4v) is 2.98. The van der Waals surface area contributed by atoms with Gasteiger partial charge in [0.2, 0.25) is 0 Å². The van der Waals surface area contributed by atoms with Crippen molar-refractivity contribution in [3.05, 3.63) is 52.3 Å². The largest absolute Gasteiger partial charge is 0.481 e.